The van der Waals surface area contributed by atoms with E-state index >= 15 is 0 Å². The number of fused-ring (bicyclic) bond motifs is 4. The molecule has 1 aromatic carbocycles. The molecule has 1 N–H and O–H groups in total. The van der Waals surface area contributed by atoms with Crippen molar-refractivity contribution in [1.82, 2.24) is 19.9 Å². The van der Waals surface area contributed by atoms with Gasteiger partial charge in [0.1, 0.15) is 4.90 Å². The molecule has 10 nitrogen and oxygen atoms in total. The van der Waals surface area contributed by atoms with Crippen molar-refractivity contribution in [3.05, 3.63) is 66.2 Å². The molecule has 2 aliphatic heterocycles. The van der Waals surface area contributed by atoms with Gasteiger partial charge in [0, 0.05) is 67.8 Å². The molecular weight excluding hydrogens is 550 g/mol. The van der Waals surface area contributed by atoms with E-state index in [1.165, 1.54) is 6.20 Å². The number of hydrogen-bond acceptors (Lipinski definition) is 8. The first-order valence-electron chi connectivity index (χ1n) is 14.3. The number of rotatable bonds is 5. The summed E-state index contributed by atoms with van der Waals surface area (Å²) in [6.07, 6.45) is 7.69. The maximum absolute atomic E-state index is 13.5. The Bertz CT molecular complexity index is 1830. The lowest BCUT2D eigenvalue weighted by atomic mass is 9.64. The smallest absolute Gasteiger partial charge is 0.263 e. The third-order valence-electron chi connectivity index (χ3n) is 9.05. The highest BCUT2D eigenvalue weighted by Gasteiger charge is 2.54. The van der Waals surface area contributed by atoms with Gasteiger partial charge < -0.3 is 14.7 Å². The second kappa shape index (κ2) is 9.74. The van der Waals surface area contributed by atoms with E-state index in [1.807, 2.05) is 38.4 Å². The molecule has 11 heteroatoms. The van der Waals surface area contributed by atoms with Crippen LogP contribution in [-0.2, 0) is 20.2 Å². The second-order valence-electron chi connectivity index (χ2n) is 11.7. The molecule has 3 aromatic heterocycles. The number of aryl methyl sites for hydroxylation is 1. The fourth-order valence-electron chi connectivity index (χ4n) is 6.43. The van der Waals surface area contributed by atoms with Crippen molar-refractivity contribution in [1.29, 1.82) is 0 Å². The van der Waals surface area contributed by atoms with Gasteiger partial charge in [0.15, 0.2) is 5.82 Å². The molecule has 2 fully saturated rings. The molecule has 4 aromatic rings. The quantitative estimate of drug-likeness (QED) is 0.376. The molecule has 1 amide bonds. The molecule has 1 spiro atoms. The summed E-state index contributed by atoms with van der Waals surface area (Å²) in [5, 5.41) is 0.957. The highest BCUT2D eigenvalue weighted by Crippen LogP contribution is 2.55. The summed E-state index contributed by atoms with van der Waals surface area (Å²) in [4.78, 5) is 33.2. The lowest BCUT2D eigenvalue weighted by Gasteiger charge is -2.37. The first-order valence-corrected chi connectivity index (χ1v) is 15.8. The van der Waals surface area contributed by atoms with Gasteiger partial charge >= 0.3 is 0 Å². The fourth-order valence-corrected chi connectivity index (χ4v) is 7.42. The summed E-state index contributed by atoms with van der Waals surface area (Å²) in [5.41, 5.74) is 5.09. The molecule has 1 saturated carbocycles. The average Bonchev–Trinajstić information content (AvgIpc) is 3.20. The third kappa shape index (κ3) is 4.21. The van der Waals surface area contributed by atoms with Crippen LogP contribution in [0.3, 0.4) is 0 Å². The van der Waals surface area contributed by atoms with Gasteiger partial charge in [-0.15, -0.1) is 0 Å². The van der Waals surface area contributed by atoms with Crippen molar-refractivity contribution in [2.24, 2.45) is 0 Å². The predicted octanol–water partition coefficient (Wildman–Crippen LogP) is 3.95. The number of pyridine rings is 3. The van der Waals surface area contributed by atoms with Gasteiger partial charge in [-0.3, -0.25) is 19.5 Å². The van der Waals surface area contributed by atoms with Crippen molar-refractivity contribution in [3.8, 4) is 11.1 Å². The number of carbonyl (C=O) groups is 1. The minimum absolute atomic E-state index is 0.0924. The van der Waals surface area contributed by atoms with Gasteiger partial charge in [0.05, 0.1) is 28.5 Å². The Balaban J connectivity index is 1.33. The highest BCUT2D eigenvalue weighted by atomic mass is 32.2. The molecule has 7 rings (SSSR count). The first-order chi connectivity index (χ1) is 20.2. The van der Waals surface area contributed by atoms with E-state index < -0.39 is 15.4 Å². The van der Waals surface area contributed by atoms with Gasteiger partial charge in [-0.2, -0.15) is 0 Å². The van der Waals surface area contributed by atoms with Crippen molar-refractivity contribution >= 4 is 44.0 Å². The largest absolute Gasteiger partial charge is 0.352 e. The lowest BCUT2D eigenvalue weighted by Crippen LogP contribution is -2.45. The van der Waals surface area contributed by atoms with Crippen molar-refractivity contribution in [3.63, 3.8) is 0 Å². The zero-order valence-electron chi connectivity index (χ0n) is 24.0. The number of likely N-dealkylation sites (N-methyl/N-ethyl adjacent to an activating group) is 2. The van der Waals surface area contributed by atoms with E-state index in [9.17, 15) is 13.2 Å². The number of aromatic nitrogens is 3. The molecule has 42 heavy (non-hydrogen) atoms. The molecule has 0 bridgehead atoms. The molecule has 0 unspecified atom stereocenters. The number of benzene rings is 1. The van der Waals surface area contributed by atoms with Gasteiger partial charge in [-0.05, 0) is 62.7 Å². The maximum atomic E-state index is 13.5. The van der Waals surface area contributed by atoms with Crippen LogP contribution in [0, 0.1) is 6.92 Å². The number of nitrogens with one attached hydrogen (secondary N) is 1. The Kier molecular flexibility index (Phi) is 6.21. The Morgan fingerprint density at radius 3 is 2.36 bits per heavy atom. The van der Waals surface area contributed by atoms with Gasteiger partial charge in [0.2, 0.25) is 5.91 Å². The molecule has 1 saturated heterocycles. The zero-order chi connectivity index (χ0) is 29.2. The zero-order valence-corrected chi connectivity index (χ0v) is 24.8. The first kappa shape index (κ1) is 26.8. The third-order valence-corrected chi connectivity index (χ3v) is 10.4. The van der Waals surface area contributed by atoms with E-state index in [0.29, 0.717) is 11.5 Å². The van der Waals surface area contributed by atoms with Gasteiger partial charge in [-0.25, -0.2) is 13.4 Å². The molecule has 3 aliphatic rings. The molecular formula is C31H33N7O3S. The number of sulfonamides is 1. The van der Waals surface area contributed by atoms with E-state index in [0.717, 1.165) is 84.4 Å². The summed E-state index contributed by atoms with van der Waals surface area (Å²) >= 11 is 0. The second-order valence-corrected chi connectivity index (χ2v) is 13.4. The Labute approximate surface area is 245 Å². The molecule has 0 atom stereocenters. The number of nitrogens with zero attached hydrogens (tertiary/aromatic N) is 6. The summed E-state index contributed by atoms with van der Waals surface area (Å²) < 4.78 is 29.8. The Morgan fingerprint density at radius 2 is 1.67 bits per heavy atom. The van der Waals surface area contributed by atoms with Crippen LogP contribution in [0.25, 0.3) is 22.0 Å². The number of piperazine rings is 1. The molecule has 0 radical (unpaired) electrons. The van der Waals surface area contributed by atoms with E-state index in [2.05, 4.69) is 37.6 Å². The molecule has 216 valence electrons. The van der Waals surface area contributed by atoms with Crippen LogP contribution in [0.15, 0.2) is 59.9 Å². The number of hydrogen-bond donors (Lipinski definition) is 1. The van der Waals surface area contributed by atoms with E-state index in [4.69, 9.17) is 4.98 Å². The van der Waals surface area contributed by atoms with E-state index in [-0.39, 0.29) is 10.8 Å². The van der Waals surface area contributed by atoms with Crippen molar-refractivity contribution in [2.45, 2.75) is 36.5 Å². The predicted molar refractivity (Wildman–Crippen MR) is 163 cm³/mol. The standard InChI is InChI=1S/C31H33N7O3S/c1-20-5-7-23(18-32-20)42(40,41)35-26-16-22(17-34-29(26)38-13-11-36(2)12-14-38)21-6-8-25-24(15-21)28-27(19-33-25)37(3)30(39)31(28)9-4-10-31/h5-8,15-19,35H,4,9-14H2,1-3H3. The monoisotopic (exact) mass is 583 g/mol. The minimum Gasteiger partial charge on any atom is -0.352 e. The van der Waals surface area contributed by atoms with Crippen LogP contribution >= 0.6 is 0 Å². The van der Waals surface area contributed by atoms with Crippen LogP contribution < -0.4 is 14.5 Å². The van der Waals surface area contributed by atoms with E-state index in [1.54, 1.807) is 23.2 Å². The normalized spacial score (nSPS) is 18.4. The Hall–Kier alpha value is -4.09. The van der Waals surface area contributed by atoms with Crippen LogP contribution in [0.1, 0.15) is 30.5 Å². The summed E-state index contributed by atoms with van der Waals surface area (Å²) in [6, 6.07) is 11.1. The molecule has 1 aliphatic carbocycles. The van der Waals surface area contributed by atoms with Gasteiger partial charge in [-0.1, -0.05) is 12.5 Å². The topological polar surface area (TPSA) is 112 Å². The molecule has 5 heterocycles. The lowest BCUT2D eigenvalue weighted by molar-refractivity contribution is -0.125. The Morgan fingerprint density at radius 1 is 0.881 bits per heavy atom. The number of anilines is 3. The van der Waals surface area contributed by atoms with Crippen LogP contribution in [0.2, 0.25) is 0 Å². The average molecular weight is 584 g/mol. The maximum Gasteiger partial charge on any atom is 0.263 e. The highest BCUT2D eigenvalue weighted by molar-refractivity contribution is 7.92. The number of amides is 1. The van der Waals surface area contributed by atoms with Crippen molar-refractivity contribution in [2.75, 3.05) is 54.8 Å². The minimum atomic E-state index is -3.91. The van der Waals surface area contributed by atoms with Crippen LogP contribution in [0.5, 0.6) is 0 Å². The SMILES string of the molecule is Cc1ccc(S(=O)(=O)Nc2cc(-c3ccc4ncc5c(c4c3)C3(CCC3)C(=O)N5C)cnc2N2CCN(C)CC2)cn1. The van der Waals surface area contributed by atoms with Crippen LogP contribution in [0.4, 0.5) is 17.2 Å². The number of carbonyl (C=O) groups excluding carboxylic acids is 1. The summed E-state index contributed by atoms with van der Waals surface area (Å²) in [5.74, 6) is 0.739. The van der Waals surface area contributed by atoms with Crippen molar-refractivity contribution < 1.29 is 13.2 Å². The summed E-state index contributed by atoms with van der Waals surface area (Å²) in [7, 11) is -0.00612. The van der Waals surface area contributed by atoms with Crippen LogP contribution in [-0.4, -0.2) is 74.5 Å². The fraction of sp³-hybridized carbons (Fsp3) is 0.355. The summed E-state index contributed by atoms with van der Waals surface area (Å²) in [6.45, 7) is 5.00. The van der Waals surface area contributed by atoms with Gasteiger partial charge in [0.25, 0.3) is 10.0 Å².